The zero-order chi connectivity index (χ0) is 30.6. The third-order valence-electron chi connectivity index (χ3n) is 7.03. The average Bonchev–Trinajstić information content (AvgIpc) is 3.36. The molecule has 2 atom stereocenters. The van der Waals surface area contributed by atoms with Crippen LogP contribution in [0.15, 0.2) is 48.9 Å². The number of fused-ring (bicyclic) bond motifs is 1. The van der Waals surface area contributed by atoms with E-state index in [4.69, 9.17) is 15.5 Å². The number of amides is 2. The molecule has 1 saturated heterocycles. The summed E-state index contributed by atoms with van der Waals surface area (Å²) in [6.45, 7) is 5.60. The lowest BCUT2D eigenvalue weighted by molar-refractivity contribution is -0.117. The third-order valence-corrected chi connectivity index (χ3v) is 8.02. The van der Waals surface area contributed by atoms with Crippen molar-refractivity contribution >= 4 is 50.9 Å². The van der Waals surface area contributed by atoms with Crippen molar-refractivity contribution in [1.29, 1.82) is 0 Å². The highest BCUT2D eigenvalue weighted by atomic mass is 32.1. The van der Waals surface area contributed by atoms with E-state index < -0.39 is 17.5 Å². The third kappa shape index (κ3) is 7.53. The van der Waals surface area contributed by atoms with E-state index in [0.717, 1.165) is 17.8 Å². The summed E-state index contributed by atoms with van der Waals surface area (Å²) in [6.07, 6.45) is 5.30. The fourth-order valence-electron chi connectivity index (χ4n) is 5.14. The highest BCUT2D eigenvalue weighted by Gasteiger charge is 2.38. The molecule has 0 bridgehead atoms. The average molecular weight is 607 g/mol. The number of hydrogen-bond donors (Lipinski definition) is 3. The van der Waals surface area contributed by atoms with Crippen LogP contribution in [0.3, 0.4) is 0 Å². The summed E-state index contributed by atoms with van der Waals surface area (Å²) >= 11 is 1.41. The van der Waals surface area contributed by atoms with E-state index in [9.17, 15) is 14.0 Å². The SMILES string of the molecule is CC(C)(C)OC(=O)N1C(CC(=O)Nc2ccccc2N)CCCC1Cc1nc2c(NCc3ncccc3F)ncnc2s1. The van der Waals surface area contributed by atoms with Crippen molar-refractivity contribution in [2.45, 2.75) is 77.1 Å². The Bertz CT molecular complexity index is 1610. The number of nitrogen functional groups attached to an aromatic ring is 1. The first kappa shape index (κ1) is 30.1. The second-order valence-corrected chi connectivity index (χ2v) is 12.5. The predicted molar refractivity (Wildman–Crippen MR) is 164 cm³/mol. The number of carbonyl (C=O) groups is 2. The van der Waals surface area contributed by atoms with Gasteiger partial charge in [-0.1, -0.05) is 23.5 Å². The first-order valence-electron chi connectivity index (χ1n) is 14.2. The number of likely N-dealkylation sites (tertiary alicyclic amines) is 1. The van der Waals surface area contributed by atoms with Crippen molar-refractivity contribution in [1.82, 2.24) is 24.8 Å². The van der Waals surface area contributed by atoms with Gasteiger partial charge in [-0.05, 0) is 64.3 Å². The summed E-state index contributed by atoms with van der Waals surface area (Å²) in [5.74, 6) is -0.165. The highest BCUT2D eigenvalue weighted by Crippen LogP contribution is 2.33. The van der Waals surface area contributed by atoms with Crippen molar-refractivity contribution in [2.24, 2.45) is 0 Å². The molecule has 3 aromatic heterocycles. The van der Waals surface area contributed by atoms with Gasteiger partial charge < -0.3 is 26.0 Å². The molecule has 4 N–H and O–H groups in total. The molecule has 1 aromatic carbocycles. The summed E-state index contributed by atoms with van der Waals surface area (Å²) in [4.78, 5) is 46.6. The van der Waals surface area contributed by atoms with E-state index >= 15 is 0 Å². The lowest BCUT2D eigenvalue weighted by atomic mass is 9.92. The van der Waals surface area contributed by atoms with Gasteiger partial charge in [-0.15, -0.1) is 0 Å². The number of hydrogen-bond acceptors (Lipinski definition) is 10. The standard InChI is InChI=1S/C30H35FN8O3S/c1-30(2,3)42-29(41)39-18(14-24(40)37-22-12-5-4-11-21(22)32)8-6-9-19(39)15-25-38-26-27(35-17-36-28(26)43-25)34-16-23-20(31)10-7-13-33-23/h4-5,7,10-13,17-19H,6,8-9,14-16,32H2,1-3H3,(H,37,40)(H,34,35,36). The van der Waals surface area contributed by atoms with Crippen LogP contribution in [0.1, 0.15) is 57.2 Å². The first-order valence-corrected chi connectivity index (χ1v) is 15.0. The van der Waals surface area contributed by atoms with Crippen LogP contribution < -0.4 is 16.4 Å². The summed E-state index contributed by atoms with van der Waals surface area (Å²) in [5.41, 5.74) is 7.15. The van der Waals surface area contributed by atoms with E-state index in [1.54, 1.807) is 29.2 Å². The molecule has 0 aliphatic carbocycles. The van der Waals surface area contributed by atoms with Gasteiger partial charge in [-0.25, -0.2) is 24.1 Å². The fourth-order valence-corrected chi connectivity index (χ4v) is 6.11. The normalized spacial score (nSPS) is 17.1. The van der Waals surface area contributed by atoms with Gasteiger partial charge >= 0.3 is 6.09 Å². The predicted octanol–water partition coefficient (Wildman–Crippen LogP) is 5.54. The molecular weight excluding hydrogens is 571 g/mol. The van der Waals surface area contributed by atoms with Crippen molar-refractivity contribution in [3.63, 3.8) is 0 Å². The molecule has 0 saturated carbocycles. The molecule has 1 aliphatic rings. The number of ether oxygens (including phenoxy) is 1. The van der Waals surface area contributed by atoms with Crippen molar-refractivity contribution in [3.8, 4) is 0 Å². The Morgan fingerprint density at radius 3 is 2.67 bits per heavy atom. The van der Waals surface area contributed by atoms with Gasteiger partial charge in [0.1, 0.15) is 28.1 Å². The first-order chi connectivity index (χ1) is 20.6. The maximum Gasteiger partial charge on any atom is 0.410 e. The molecule has 0 radical (unpaired) electrons. The topological polar surface area (TPSA) is 148 Å². The molecule has 2 unspecified atom stereocenters. The number of nitrogens with zero attached hydrogens (tertiary/aromatic N) is 5. The number of benzene rings is 1. The molecule has 43 heavy (non-hydrogen) atoms. The number of carbonyl (C=O) groups excluding carboxylic acids is 2. The van der Waals surface area contributed by atoms with Crippen molar-refractivity contribution < 1.29 is 18.7 Å². The van der Waals surface area contributed by atoms with Gasteiger partial charge in [0.25, 0.3) is 0 Å². The number of aromatic nitrogens is 4. The fraction of sp³-hybridized carbons (Fsp3) is 0.400. The lowest BCUT2D eigenvalue weighted by Crippen LogP contribution is -2.53. The number of thiazole rings is 1. The van der Waals surface area contributed by atoms with Gasteiger partial charge in [0.2, 0.25) is 5.91 Å². The van der Waals surface area contributed by atoms with Crippen LogP contribution in [0.5, 0.6) is 0 Å². The Hall–Kier alpha value is -4.39. The number of nitrogens with two attached hydrogens (primary N) is 1. The Kier molecular flexibility index (Phi) is 9.00. The Morgan fingerprint density at radius 1 is 1.12 bits per heavy atom. The Balaban J connectivity index is 1.35. The summed E-state index contributed by atoms with van der Waals surface area (Å²) in [6, 6.07) is 9.36. The Morgan fingerprint density at radius 2 is 1.91 bits per heavy atom. The molecular formula is C30H35FN8O3S. The molecule has 5 rings (SSSR count). The zero-order valence-electron chi connectivity index (χ0n) is 24.3. The maximum absolute atomic E-state index is 14.1. The van der Waals surface area contributed by atoms with E-state index in [-0.39, 0.29) is 36.7 Å². The second kappa shape index (κ2) is 12.9. The van der Waals surface area contributed by atoms with Gasteiger partial charge in [-0.3, -0.25) is 9.78 Å². The van der Waals surface area contributed by atoms with E-state index in [1.165, 1.54) is 36.0 Å². The summed E-state index contributed by atoms with van der Waals surface area (Å²) in [5, 5.41) is 6.76. The zero-order valence-corrected chi connectivity index (χ0v) is 25.2. The molecule has 4 heterocycles. The Labute approximate surface area is 253 Å². The number of anilines is 3. The van der Waals surface area contributed by atoms with E-state index in [0.29, 0.717) is 40.4 Å². The quantitative estimate of drug-likeness (QED) is 0.220. The van der Waals surface area contributed by atoms with Crippen LogP contribution in [0.2, 0.25) is 0 Å². The molecule has 1 fully saturated rings. The number of rotatable bonds is 8. The van der Waals surface area contributed by atoms with Gasteiger partial charge in [0, 0.05) is 31.1 Å². The number of pyridine rings is 1. The van der Waals surface area contributed by atoms with Gasteiger partial charge in [0.15, 0.2) is 5.82 Å². The lowest BCUT2D eigenvalue weighted by Gasteiger charge is -2.42. The van der Waals surface area contributed by atoms with Crippen LogP contribution in [0.4, 0.5) is 26.4 Å². The molecule has 13 heteroatoms. The minimum atomic E-state index is -0.705. The maximum atomic E-state index is 14.1. The number of para-hydroxylation sites is 2. The van der Waals surface area contributed by atoms with Crippen LogP contribution in [0, 0.1) is 5.82 Å². The minimum Gasteiger partial charge on any atom is -0.444 e. The minimum absolute atomic E-state index is 0.105. The number of halogens is 1. The number of piperidine rings is 1. The molecule has 1 aliphatic heterocycles. The van der Waals surface area contributed by atoms with Crippen LogP contribution in [0.25, 0.3) is 10.3 Å². The van der Waals surface area contributed by atoms with E-state index in [2.05, 4.69) is 25.6 Å². The van der Waals surface area contributed by atoms with Crippen LogP contribution in [-0.4, -0.2) is 54.5 Å². The monoisotopic (exact) mass is 606 g/mol. The van der Waals surface area contributed by atoms with Crippen molar-refractivity contribution in [3.05, 3.63) is 65.4 Å². The molecule has 11 nitrogen and oxygen atoms in total. The van der Waals surface area contributed by atoms with Gasteiger partial charge in [0.05, 0.1) is 28.6 Å². The molecule has 226 valence electrons. The smallest absolute Gasteiger partial charge is 0.410 e. The second-order valence-electron chi connectivity index (χ2n) is 11.4. The van der Waals surface area contributed by atoms with Crippen molar-refractivity contribution in [2.75, 3.05) is 16.4 Å². The largest absolute Gasteiger partial charge is 0.444 e. The van der Waals surface area contributed by atoms with Crippen LogP contribution >= 0.6 is 11.3 Å². The highest BCUT2D eigenvalue weighted by molar-refractivity contribution is 7.18. The molecule has 4 aromatic rings. The molecule has 0 spiro atoms. The van der Waals surface area contributed by atoms with E-state index in [1.807, 2.05) is 20.8 Å². The van der Waals surface area contributed by atoms with Gasteiger partial charge in [-0.2, -0.15) is 0 Å². The van der Waals surface area contributed by atoms with Crippen LogP contribution in [-0.2, 0) is 22.5 Å². The summed E-state index contributed by atoms with van der Waals surface area (Å²) < 4.78 is 19.9. The molecule has 2 amide bonds. The number of nitrogens with one attached hydrogen (secondary N) is 2. The summed E-state index contributed by atoms with van der Waals surface area (Å²) in [7, 11) is 0.